The minimum Gasteiger partial charge on any atom is -0.495 e. The highest BCUT2D eigenvalue weighted by atomic mass is 32.2. The molecule has 0 aliphatic heterocycles. The number of rotatable bonds is 8. The van der Waals surface area contributed by atoms with E-state index in [1.54, 1.807) is 20.0 Å². The number of methoxy groups -OCH3 is 1. The van der Waals surface area contributed by atoms with Gasteiger partial charge in [0.1, 0.15) is 16.3 Å². The van der Waals surface area contributed by atoms with Crippen molar-refractivity contribution in [3.63, 3.8) is 0 Å². The number of anilines is 1. The Morgan fingerprint density at radius 2 is 1.94 bits per heavy atom. The van der Waals surface area contributed by atoms with Crippen LogP contribution in [0.4, 0.5) is 5.13 Å². The van der Waals surface area contributed by atoms with Crippen LogP contribution in [0.1, 0.15) is 29.1 Å². The second kappa shape index (κ2) is 9.54. The summed E-state index contributed by atoms with van der Waals surface area (Å²) in [5.41, 5.74) is 1.60. The fourth-order valence-electron chi connectivity index (χ4n) is 3.08. The Kier molecular flexibility index (Phi) is 7.04. The molecule has 164 valence electrons. The Bertz CT molecular complexity index is 1170. The molecule has 3 aromatic rings. The third kappa shape index (κ3) is 4.76. The van der Waals surface area contributed by atoms with E-state index in [-0.39, 0.29) is 16.2 Å². The van der Waals surface area contributed by atoms with Crippen LogP contribution in [0.15, 0.2) is 47.5 Å². The van der Waals surface area contributed by atoms with Crippen molar-refractivity contribution in [3.05, 3.63) is 53.0 Å². The second-order valence-corrected chi connectivity index (χ2v) is 9.66. The predicted molar refractivity (Wildman–Crippen MR) is 121 cm³/mol. The number of nitrogens with one attached hydrogen (secondary N) is 1. The lowest BCUT2D eigenvalue weighted by atomic mass is 10.2. The minimum absolute atomic E-state index is 0.0455. The highest BCUT2D eigenvalue weighted by molar-refractivity contribution is 7.89. The zero-order valence-corrected chi connectivity index (χ0v) is 19.4. The van der Waals surface area contributed by atoms with Gasteiger partial charge in [-0.05, 0) is 37.3 Å². The first-order valence-corrected chi connectivity index (χ1v) is 12.0. The molecular formula is C21H24N4O4S2. The summed E-state index contributed by atoms with van der Waals surface area (Å²) in [6.45, 7) is 6.04. The largest absolute Gasteiger partial charge is 0.495 e. The summed E-state index contributed by atoms with van der Waals surface area (Å²) < 4.78 is 32.6. The number of carbonyl (C=O) groups excluding carboxylic acids is 1. The summed E-state index contributed by atoms with van der Waals surface area (Å²) >= 11 is 1.33. The van der Waals surface area contributed by atoms with Gasteiger partial charge < -0.3 is 4.74 Å². The molecule has 0 radical (unpaired) electrons. The molecule has 2 heterocycles. The van der Waals surface area contributed by atoms with E-state index in [2.05, 4.69) is 15.3 Å². The van der Waals surface area contributed by atoms with Crippen molar-refractivity contribution in [1.29, 1.82) is 0 Å². The lowest BCUT2D eigenvalue weighted by Crippen LogP contribution is -2.31. The maximum Gasteiger partial charge on any atom is 0.257 e. The van der Waals surface area contributed by atoms with Crippen molar-refractivity contribution in [2.24, 2.45) is 0 Å². The number of amides is 1. The van der Waals surface area contributed by atoms with Crippen LogP contribution in [0.5, 0.6) is 5.75 Å². The van der Waals surface area contributed by atoms with Gasteiger partial charge in [0.2, 0.25) is 10.0 Å². The van der Waals surface area contributed by atoms with E-state index >= 15 is 0 Å². The molecular weight excluding hydrogens is 436 g/mol. The van der Waals surface area contributed by atoms with Crippen LogP contribution >= 0.6 is 11.3 Å². The van der Waals surface area contributed by atoms with Crippen LogP contribution in [0.2, 0.25) is 0 Å². The van der Waals surface area contributed by atoms with Crippen LogP contribution in [0.25, 0.3) is 11.4 Å². The first-order valence-electron chi connectivity index (χ1n) is 9.70. The van der Waals surface area contributed by atoms with E-state index < -0.39 is 15.9 Å². The van der Waals surface area contributed by atoms with Crippen LogP contribution in [-0.2, 0) is 10.0 Å². The van der Waals surface area contributed by atoms with Crippen LogP contribution in [0, 0.1) is 6.92 Å². The molecule has 0 saturated carbocycles. The lowest BCUT2D eigenvalue weighted by molar-refractivity contribution is 0.102. The van der Waals surface area contributed by atoms with Gasteiger partial charge in [0.15, 0.2) is 5.13 Å². The monoisotopic (exact) mass is 460 g/mol. The standard InChI is InChI=1S/C21H24N4O4S2/c1-5-25(6-2)31(27,28)18-13-15(10-11-17(18)29-4)20(26)24-21-23-19(14(3)30-21)16-9-7-8-12-22-16/h7-13H,5-6H2,1-4H3,(H,23,24,26). The number of sulfonamides is 1. The molecule has 0 spiro atoms. The van der Waals surface area contributed by atoms with Gasteiger partial charge in [-0.1, -0.05) is 19.9 Å². The second-order valence-electron chi connectivity index (χ2n) is 6.55. The molecule has 8 nitrogen and oxygen atoms in total. The third-order valence-corrected chi connectivity index (χ3v) is 7.63. The maximum absolute atomic E-state index is 13.0. The molecule has 31 heavy (non-hydrogen) atoms. The molecule has 3 rings (SSSR count). The molecule has 0 aliphatic rings. The minimum atomic E-state index is -3.80. The van der Waals surface area contributed by atoms with Crippen molar-refractivity contribution < 1.29 is 17.9 Å². The van der Waals surface area contributed by atoms with E-state index in [0.29, 0.717) is 29.6 Å². The molecule has 0 atom stereocenters. The molecule has 0 aliphatic carbocycles. The van der Waals surface area contributed by atoms with E-state index in [4.69, 9.17) is 4.74 Å². The molecule has 1 amide bonds. The number of aromatic nitrogens is 2. The Labute approximate surface area is 186 Å². The lowest BCUT2D eigenvalue weighted by Gasteiger charge is -2.20. The molecule has 1 N–H and O–H groups in total. The summed E-state index contributed by atoms with van der Waals surface area (Å²) in [5, 5.41) is 3.16. The number of benzene rings is 1. The number of hydrogen-bond donors (Lipinski definition) is 1. The fraction of sp³-hybridized carbons (Fsp3) is 0.286. The number of hydrogen-bond acceptors (Lipinski definition) is 7. The average molecular weight is 461 g/mol. The fourth-order valence-corrected chi connectivity index (χ4v) is 5.54. The molecule has 1 aromatic carbocycles. The zero-order chi connectivity index (χ0) is 22.6. The van der Waals surface area contributed by atoms with Crippen LogP contribution in [-0.4, -0.2) is 48.8 Å². The maximum atomic E-state index is 13.0. The molecule has 2 aromatic heterocycles. The number of thiazole rings is 1. The SMILES string of the molecule is CCN(CC)S(=O)(=O)c1cc(C(=O)Nc2nc(-c3ccccn3)c(C)s2)ccc1OC. The van der Waals surface area contributed by atoms with E-state index in [9.17, 15) is 13.2 Å². The normalized spacial score (nSPS) is 11.5. The Hall–Kier alpha value is -2.82. The summed E-state index contributed by atoms with van der Waals surface area (Å²) in [4.78, 5) is 22.5. The number of ether oxygens (including phenoxy) is 1. The number of pyridine rings is 1. The van der Waals surface area contributed by atoms with Gasteiger partial charge in [0, 0.05) is 29.7 Å². The number of nitrogens with zero attached hydrogens (tertiary/aromatic N) is 3. The third-order valence-electron chi connectivity index (χ3n) is 4.67. The predicted octanol–water partition coefficient (Wildman–Crippen LogP) is 3.80. The quantitative estimate of drug-likeness (QED) is 0.549. The Morgan fingerprint density at radius 1 is 1.19 bits per heavy atom. The van der Waals surface area contributed by atoms with Crippen molar-refractivity contribution in [3.8, 4) is 17.1 Å². The number of aryl methyl sites for hydroxylation is 1. The van der Waals surface area contributed by atoms with Gasteiger partial charge in [0.25, 0.3) is 5.91 Å². The summed E-state index contributed by atoms with van der Waals surface area (Å²) in [6, 6.07) is 9.88. The van der Waals surface area contributed by atoms with Crippen LogP contribution < -0.4 is 10.1 Å². The molecule has 0 unspecified atom stereocenters. The van der Waals surface area contributed by atoms with Gasteiger partial charge in [-0.15, -0.1) is 11.3 Å². The first-order chi connectivity index (χ1) is 14.8. The first kappa shape index (κ1) is 22.9. The Balaban J connectivity index is 1.91. The highest BCUT2D eigenvalue weighted by Crippen LogP contribution is 2.31. The van der Waals surface area contributed by atoms with Crippen molar-refractivity contribution in [1.82, 2.24) is 14.3 Å². The topological polar surface area (TPSA) is 101 Å². The van der Waals surface area contributed by atoms with Gasteiger partial charge in [0.05, 0.1) is 12.8 Å². The smallest absolute Gasteiger partial charge is 0.257 e. The van der Waals surface area contributed by atoms with Crippen LogP contribution in [0.3, 0.4) is 0 Å². The van der Waals surface area contributed by atoms with Crippen molar-refractivity contribution in [2.75, 3.05) is 25.5 Å². The van der Waals surface area contributed by atoms with Gasteiger partial charge >= 0.3 is 0 Å². The van der Waals surface area contributed by atoms with E-state index in [0.717, 1.165) is 4.88 Å². The average Bonchev–Trinajstić information content (AvgIpc) is 3.14. The van der Waals surface area contributed by atoms with Gasteiger partial charge in [-0.3, -0.25) is 15.1 Å². The van der Waals surface area contributed by atoms with E-state index in [1.807, 2.05) is 25.1 Å². The van der Waals surface area contributed by atoms with Gasteiger partial charge in [-0.2, -0.15) is 4.31 Å². The molecule has 0 fully saturated rings. The van der Waals surface area contributed by atoms with E-state index in [1.165, 1.54) is 41.0 Å². The van der Waals surface area contributed by atoms with Gasteiger partial charge in [-0.25, -0.2) is 13.4 Å². The zero-order valence-electron chi connectivity index (χ0n) is 17.7. The van der Waals surface area contributed by atoms with Crippen molar-refractivity contribution >= 4 is 32.4 Å². The molecule has 0 bridgehead atoms. The summed E-state index contributed by atoms with van der Waals surface area (Å²) in [5.74, 6) is -0.272. The number of carbonyl (C=O) groups is 1. The summed E-state index contributed by atoms with van der Waals surface area (Å²) in [7, 11) is -2.41. The highest BCUT2D eigenvalue weighted by Gasteiger charge is 2.27. The molecule has 0 saturated heterocycles. The Morgan fingerprint density at radius 3 is 2.55 bits per heavy atom. The summed E-state index contributed by atoms with van der Waals surface area (Å²) in [6.07, 6.45) is 1.68. The molecule has 10 heteroatoms. The van der Waals surface area contributed by atoms with Crippen molar-refractivity contribution in [2.45, 2.75) is 25.7 Å².